The van der Waals surface area contributed by atoms with Crippen LogP contribution in [0.3, 0.4) is 0 Å². The molecule has 82 valence electrons. The van der Waals surface area contributed by atoms with Crippen molar-refractivity contribution < 1.29 is 0 Å². The minimum atomic E-state index is -0.862. The molecule has 1 aliphatic rings. The molecule has 0 saturated heterocycles. The second-order valence-electron chi connectivity index (χ2n) is 6.38. The molecular formula is C13H26Si. The van der Waals surface area contributed by atoms with E-state index < -0.39 is 8.07 Å². The zero-order valence-electron chi connectivity index (χ0n) is 10.6. The summed E-state index contributed by atoms with van der Waals surface area (Å²) in [6.45, 7) is 12.1. The molecule has 0 aromatic heterocycles. The number of hydrogen-bond donors (Lipinski definition) is 0. The Morgan fingerprint density at radius 3 is 2.36 bits per heavy atom. The fourth-order valence-electron chi connectivity index (χ4n) is 2.36. The van der Waals surface area contributed by atoms with Gasteiger partial charge in [-0.1, -0.05) is 45.1 Å². The van der Waals surface area contributed by atoms with E-state index in [2.05, 4.69) is 39.6 Å². The van der Waals surface area contributed by atoms with E-state index in [-0.39, 0.29) is 0 Å². The van der Waals surface area contributed by atoms with Crippen LogP contribution in [0.2, 0.25) is 25.7 Å². The molecule has 0 fully saturated rings. The van der Waals surface area contributed by atoms with Crippen molar-refractivity contribution in [1.29, 1.82) is 0 Å². The molecule has 14 heavy (non-hydrogen) atoms. The van der Waals surface area contributed by atoms with Crippen molar-refractivity contribution in [3.05, 3.63) is 11.6 Å². The molecule has 0 heterocycles. The Balaban J connectivity index is 2.45. The van der Waals surface area contributed by atoms with Crippen molar-refractivity contribution in [3.8, 4) is 0 Å². The van der Waals surface area contributed by atoms with Gasteiger partial charge in [-0.2, -0.15) is 0 Å². The van der Waals surface area contributed by atoms with Crippen LogP contribution in [0.25, 0.3) is 0 Å². The molecule has 1 atom stereocenters. The van der Waals surface area contributed by atoms with Gasteiger partial charge in [0.1, 0.15) is 0 Å². The van der Waals surface area contributed by atoms with Crippen LogP contribution in [-0.2, 0) is 0 Å². The molecule has 0 spiro atoms. The Labute approximate surface area is 90.8 Å². The van der Waals surface area contributed by atoms with Crippen molar-refractivity contribution >= 4 is 8.07 Å². The van der Waals surface area contributed by atoms with E-state index in [1.54, 1.807) is 5.57 Å². The Morgan fingerprint density at radius 2 is 2.00 bits per heavy atom. The molecule has 0 aromatic carbocycles. The third kappa shape index (κ3) is 3.99. The highest BCUT2D eigenvalue weighted by Gasteiger charge is 2.21. The predicted octanol–water partition coefficient (Wildman–Crippen LogP) is 4.71. The fraction of sp³-hybridized carbons (Fsp3) is 0.846. The first-order valence-electron chi connectivity index (χ1n) is 6.06. The summed E-state index contributed by atoms with van der Waals surface area (Å²) < 4.78 is 0. The standard InChI is InChI=1S/C13H26Si/c1-11(2)13-8-6-12(7-9-13)10-14(3,4)5/h6,11,13H,7-10H2,1-5H3. The second-order valence-corrected chi connectivity index (χ2v) is 11.9. The lowest BCUT2D eigenvalue weighted by molar-refractivity contribution is 0.350. The highest BCUT2D eigenvalue weighted by Crippen LogP contribution is 2.32. The summed E-state index contributed by atoms with van der Waals surface area (Å²) in [6.07, 6.45) is 6.71. The van der Waals surface area contributed by atoms with Crippen molar-refractivity contribution in [2.75, 3.05) is 0 Å². The first-order valence-corrected chi connectivity index (χ1v) is 9.77. The summed E-state index contributed by atoms with van der Waals surface area (Å²) in [6, 6.07) is 1.43. The van der Waals surface area contributed by atoms with E-state index in [0.29, 0.717) is 0 Å². The molecule has 1 aliphatic carbocycles. The van der Waals surface area contributed by atoms with Crippen LogP contribution >= 0.6 is 0 Å². The molecule has 0 aliphatic heterocycles. The van der Waals surface area contributed by atoms with Gasteiger partial charge >= 0.3 is 0 Å². The minimum absolute atomic E-state index is 0.862. The topological polar surface area (TPSA) is 0 Å². The van der Waals surface area contributed by atoms with Crippen molar-refractivity contribution in [1.82, 2.24) is 0 Å². The van der Waals surface area contributed by atoms with Crippen LogP contribution < -0.4 is 0 Å². The van der Waals surface area contributed by atoms with Crippen LogP contribution in [0.1, 0.15) is 33.1 Å². The molecule has 1 unspecified atom stereocenters. The van der Waals surface area contributed by atoms with Gasteiger partial charge in [0.2, 0.25) is 0 Å². The quantitative estimate of drug-likeness (QED) is 0.467. The van der Waals surface area contributed by atoms with E-state index in [1.807, 2.05) is 0 Å². The van der Waals surface area contributed by atoms with E-state index in [9.17, 15) is 0 Å². The summed E-state index contributed by atoms with van der Waals surface area (Å²) in [4.78, 5) is 0. The predicted molar refractivity (Wildman–Crippen MR) is 68.4 cm³/mol. The second kappa shape index (κ2) is 4.65. The Morgan fingerprint density at radius 1 is 1.36 bits per heavy atom. The van der Waals surface area contributed by atoms with Crippen LogP contribution in [0.4, 0.5) is 0 Å². The van der Waals surface area contributed by atoms with Gasteiger partial charge in [0, 0.05) is 8.07 Å². The summed E-state index contributed by atoms with van der Waals surface area (Å²) in [5.41, 5.74) is 1.76. The highest BCUT2D eigenvalue weighted by atomic mass is 28.3. The zero-order valence-corrected chi connectivity index (χ0v) is 11.6. The smallest absolute Gasteiger partial charge is 0.0483 e. The van der Waals surface area contributed by atoms with Gasteiger partial charge in [0.05, 0.1) is 0 Å². The summed E-state index contributed by atoms with van der Waals surface area (Å²) in [7, 11) is -0.862. The molecule has 0 nitrogen and oxygen atoms in total. The van der Waals surface area contributed by atoms with Gasteiger partial charge in [0.15, 0.2) is 0 Å². The summed E-state index contributed by atoms with van der Waals surface area (Å²) in [5, 5.41) is 0. The van der Waals surface area contributed by atoms with Crippen molar-refractivity contribution in [3.63, 3.8) is 0 Å². The fourth-order valence-corrected chi connectivity index (χ4v) is 4.04. The lowest BCUT2D eigenvalue weighted by Gasteiger charge is -2.27. The van der Waals surface area contributed by atoms with Crippen LogP contribution in [0.15, 0.2) is 11.6 Å². The molecule has 1 heteroatoms. The number of hydrogen-bond acceptors (Lipinski definition) is 0. The normalized spacial score (nSPS) is 23.9. The lowest BCUT2D eigenvalue weighted by Crippen LogP contribution is -2.22. The van der Waals surface area contributed by atoms with Gasteiger partial charge in [-0.3, -0.25) is 0 Å². The van der Waals surface area contributed by atoms with Crippen LogP contribution in [0, 0.1) is 11.8 Å². The van der Waals surface area contributed by atoms with Crippen LogP contribution in [0.5, 0.6) is 0 Å². The van der Waals surface area contributed by atoms with E-state index >= 15 is 0 Å². The molecule has 0 radical (unpaired) electrons. The van der Waals surface area contributed by atoms with Crippen molar-refractivity contribution in [2.45, 2.75) is 58.8 Å². The van der Waals surface area contributed by atoms with Gasteiger partial charge in [0.25, 0.3) is 0 Å². The third-order valence-electron chi connectivity index (χ3n) is 3.25. The maximum absolute atomic E-state index is 2.55. The van der Waals surface area contributed by atoms with Gasteiger partial charge in [-0.25, -0.2) is 0 Å². The molecule has 0 amide bonds. The number of rotatable bonds is 3. The molecule has 1 rings (SSSR count). The minimum Gasteiger partial charge on any atom is -0.0853 e. The third-order valence-corrected chi connectivity index (χ3v) is 4.76. The SMILES string of the molecule is CC(C)C1CC=C(C[Si](C)(C)C)CC1. The summed E-state index contributed by atoms with van der Waals surface area (Å²) >= 11 is 0. The van der Waals surface area contributed by atoms with E-state index in [1.165, 1.54) is 25.3 Å². The molecule has 0 saturated carbocycles. The Bertz CT molecular complexity index is 208. The zero-order chi connectivity index (χ0) is 10.8. The molecule has 0 bridgehead atoms. The maximum Gasteiger partial charge on any atom is 0.0483 e. The van der Waals surface area contributed by atoms with Crippen LogP contribution in [-0.4, -0.2) is 8.07 Å². The van der Waals surface area contributed by atoms with Gasteiger partial charge < -0.3 is 0 Å². The van der Waals surface area contributed by atoms with Gasteiger partial charge in [-0.15, -0.1) is 0 Å². The first-order chi connectivity index (χ1) is 6.38. The van der Waals surface area contributed by atoms with E-state index in [0.717, 1.165) is 11.8 Å². The van der Waals surface area contributed by atoms with E-state index in [4.69, 9.17) is 0 Å². The van der Waals surface area contributed by atoms with Crippen molar-refractivity contribution in [2.24, 2.45) is 11.8 Å². The highest BCUT2D eigenvalue weighted by molar-refractivity contribution is 6.76. The average molecular weight is 210 g/mol. The lowest BCUT2D eigenvalue weighted by atomic mass is 9.83. The van der Waals surface area contributed by atoms with Gasteiger partial charge in [-0.05, 0) is 37.1 Å². The first kappa shape index (κ1) is 12.0. The largest absolute Gasteiger partial charge is 0.0853 e. The Hall–Kier alpha value is -0.0431. The molecule has 0 N–H and O–H groups in total. The molecule has 0 aromatic rings. The molecular weight excluding hydrogens is 184 g/mol. The monoisotopic (exact) mass is 210 g/mol. The average Bonchev–Trinajstić information content (AvgIpc) is 2.02. The summed E-state index contributed by atoms with van der Waals surface area (Å²) in [5.74, 6) is 1.83. The number of allylic oxidation sites excluding steroid dienone is 2. The Kier molecular flexibility index (Phi) is 4.00. The maximum atomic E-state index is 2.55.